The fourth-order valence-corrected chi connectivity index (χ4v) is 7.17. The third-order valence-electron chi connectivity index (χ3n) is 8.74. The molecule has 0 radical (unpaired) electrons. The Morgan fingerprint density at radius 1 is 0.725 bits per heavy atom. The summed E-state index contributed by atoms with van der Waals surface area (Å²) in [7, 11) is 0. The van der Waals surface area contributed by atoms with Gasteiger partial charge in [-0.1, -0.05) is 102 Å². The SMILES string of the molecule is Cc1ccc(-c2cccc(Cl)c2)cc1C(c1cccc(C2CCCC2)c1)N1CCN(c2cccc(Cl)c2Cl)CC1. The lowest BCUT2D eigenvalue weighted by molar-refractivity contribution is 0.212. The molecular weight excluding hydrogens is 555 g/mol. The van der Waals surface area contributed by atoms with Gasteiger partial charge in [0.2, 0.25) is 0 Å². The summed E-state index contributed by atoms with van der Waals surface area (Å²) in [5, 5.41) is 2.01. The van der Waals surface area contributed by atoms with E-state index in [9.17, 15) is 0 Å². The zero-order valence-corrected chi connectivity index (χ0v) is 25.2. The topological polar surface area (TPSA) is 6.48 Å². The van der Waals surface area contributed by atoms with Crippen molar-refractivity contribution in [2.24, 2.45) is 0 Å². The highest BCUT2D eigenvalue weighted by Crippen LogP contribution is 2.40. The molecule has 1 heterocycles. The van der Waals surface area contributed by atoms with E-state index in [1.54, 1.807) is 0 Å². The summed E-state index contributed by atoms with van der Waals surface area (Å²) in [6.45, 7) is 5.90. The molecular formula is C35H35Cl3N2. The van der Waals surface area contributed by atoms with Crippen LogP contribution in [-0.4, -0.2) is 31.1 Å². The van der Waals surface area contributed by atoms with Gasteiger partial charge in [0.05, 0.1) is 21.8 Å². The molecule has 1 saturated carbocycles. The first-order valence-corrected chi connectivity index (χ1v) is 15.5. The van der Waals surface area contributed by atoms with Crippen LogP contribution in [0.3, 0.4) is 0 Å². The van der Waals surface area contributed by atoms with E-state index in [0.717, 1.165) is 42.5 Å². The van der Waals surface area contributed by atoms with Crippen LogP contribution in [0.5, 0.6) is 0 Å². The van der Waals surface area contributed by atoms with E-state index >= 15 is 0 Å². The summed E-state index contributed by atoms with van der Waals surface area (Å²) in [6, 6.07) is 30.5. The predicted molar refractivity (Wildman–Crippen MR) is 171 cm³/mol. The van der Waals surface area contributed by atoms with Gasteiger partial charge in [-0.15, -0.1) is 0 Å². The Labute approximate surface area is 253 Å². The van der Waals surface area contributed by atoms with Gasteiger partial charge in [-0.05, 0) is 89.4 Å². The maximum atomic E-state index is 6.61. The number of hydrogen-bond acceptors (Lipinski definition) is 2. The van der Waals surface area contributed by atoms with Crippen molar-refractivity contribution in [2.75, 3.05) is 31.1 Å². The minimum atomic E-state index is 0.164. The van der Waals surface area contributed by atoms with Gasteiger partial charge in [0.15, 0.2) is 0 Å². The molecule has 2 fully saturated rings. The molecule has 1 aliphatic carbocycles. The average Bonchev–Trinajstić information content (AvgIpc) is 3.52. The molecule has 6 rings (SSSR count). The number of anilines is 1. The van der Waals surface area contributed by atoms with E-state index in [1.165, 1.54) is 53.5 Å². The highest BCUT2D eigenvalue weighted by atomic mass is 35.5. The molecule has 0 aromatic heterocycles. The second-order valence-corrected chi connectivity index (χ2v) is 12.5. The van der Waals surface area contributed by atoms with Crippen LogP contribution in [0.1, 0.15) is 59.9 Å². The van der Waals surface area contributed by atoms with E-state index < -0.39 is 0 Å². The monoisotopic (exact) mass is 588 g/mol. The third kappa shape index (κ3) is 5.78. The lowest BCUT2D eigenvalue weighted by Gasteiger charge is -2.41. The zero-order valence-electron chi connectivity index (χ0n) is 22.9. The van der Waals surface area contributed by atoms with Gasteiger partial charge >= 0.3 is 0 Å². The van der Waals surface area contributed by atoms with Gasteiger partial charge in [-0.3, -0.25) is 4.90 Å². The van der Waals surface area contributed by atoms with Crippen LogP contribution in [0.15, 0.2) is 84.9 Å². The number of aryl methyl sites for hydroxylation is 1. The lowest BCUT2D eigenvalue weighted by Crippen LogP contribution is -2.48. The normalized spacial score (nSPS) is 17.4. The molecule has 4 aromatic rings. The van der Waals surface area contributed by atoms with Gasteiger partial charge in [0.1, 0.15) is 0 Å². The van der Waals surface area contributed by atoms with Crippen molar-refractivity contribution in [1.82, 2.24) is 4.90 Å². The van der Waals surface area contributed by atoms with Crippen molar-refractivity contribution < 1.29 is 0 Å². The third-order valence-corrected chi connectivity index (χ3v) is 9.78. The van der Waals surface area contributed by atoms with Crippen LogP contribution in [0, 0.1) is 6.92 Å². The molecule has 0 amide bonds. The summed E-state index contributed by atoms with van der Waals surface area (Å²) in [5.41, 5.74) is 8.90. The standard InChI is InChI=1S/C35H35Cl3N2/c1-24-15-16-28(27-10-5-12-30(36)22-27)23-31(24)35(29-11-4-9-26(21-29)25-7-2-3-8-25)40-19-17-39(18-20-40)33-14-6-13-32(37)34(33)38/h4-6,9-16,21-23,25,35H,2-3,7-8,17-20H2,1H3. The summed E-state index contributed by atoms with van der Waals surface area (Å²) in [4.78, 5) is 5.01. The first-order valence-electron chi connectivity index (χ1n) is 14.4. The Morgan fingerprint density at radius 3 is 2.23 bits per heavy atom. The molecule has 1 atom stereocenters. The van der Waals surface area contributed by atoms with Crippen molar-refractivity contribution >= 4 is 40.5 Å². The van der Waals surface area contributed by atoms with Gasteiger partial charge in [-0.25, -0.2) is 0 Å². The Balaban J connectivity index is 1.37. The molecule has 1 aliphatic heterocycles. The smallest absolute Gasteiger partial charge is 0.0825 e. The summed E-state index contributed by atoms with van der Waals surface area (Å²) in [5.74, 6) is 0.682. The van der Waals surface area contributed by atoms with Crippen molar-refractivity contribution in [3.63, 3.8) is 0 Å². The number of rotatable bonds is 6. The fraction of sp³-hybridized carbons (Fsp3) is 0.314. The van der Waals surface area contributed by atoms with E-state index in [1.807, 2.05) is 24.3 Å². The van der Waals surface area contributed by atoms with E-state index in [2.05, 4.69) is 77.4 Å². The van der Waals surface area contributed by atoms with Crippen molar-refractivity contribution in [3.8, 4) is 11.1 Å². The molecule has 5 heteroatoms. The van der Waals surface area contributed by atoms with Crippen molar-refractivity contribution in [2.45, 2.75) is 44.6 Å². The van der Waals surface area contributed by atoms with E-state index in [-0.39, 0.29) is 6.04 Å². The largest absolute Gasteiger partial charge is 0.368 e. The molecule has 0 N–H and O–H groups in total. The second kappa shape index (κ2) is 12.2. The first kappa shape index (κ1) is 27.7. The quantitative estimate of drug-likeness (QED) is 0.221. The van der Waals surface area contributed by atoms with Gasteiger partial charge in [0.25, 0.3) is 0 Å². The summed E-state index contributed by atoms with van der Waals surface area (Å²) < 4.78 is 0. The van der Waals surface area contributed by atoms with Crippen LogP contribution in [0.2, 0.25) is 15.1 Å². The summed E-state index contributed by atoms with van der Waals surface area (Å²) >= 11 is 19.3. The van der Waals surface area contributed by atoms with Crippen LogP contribution < -0.4 is 4.90 Å². The minimum absolute atomic E-state index is 0.164. The summed E-state index contributed by atoms with van der Waals surface area (Å²) in [6.07, 6.45) is 5.28. The van der Waals surface area contributed by atoms with Crippen molar-refractivity contribution in [3.05, 3.63) is 122 Å². The lowest BCUT2D eigenvalue weighted by atomic mass is 9.87. The second-order valence-electron chi connectivity index (χ2n) is 11.2. The Bertz CT molecular complexity index is 1490. The zero-order chi connectivity index (χ0) is 27.6. The molecule has 4 aromatic carbocycles. The highest BCUT2D eigenvalue weighted by molar-refractivity contribution is 6.43. The van der Waals surface area contributed by atoms with Crippen LogP contribution in [-0.2, 0) is 0 Å². The number of benzene rings is 4. The average molecular weight is 590 g/mol. The molecule has 2 nitrogen and oxygen atoms in total. The molecule has 0 spiro atoms. The van der Waals surface area contributed by atoms with Gasteiger partial charge in [0, 0.05) is 31.2 Å². The number of halogens is 3. The Kier molecular flexibility index (Phi) is 8.42. The molecule has 0 bridgehead atoms. The predicted octanol–water partition coefficient (Wildman–Crippen LogP) is 10.2. The van der Waals surface area contributed by atoms with E-state index in [4.69, 9.17) is 34.8 Å². The molecule has 206 valence electrons. The van der Waals surface area contributed by atoms with Crippen LogP contribution in [0.4, 0.5) is 5.69 Å². The van der Waals surface area contributed by atoms with Crippen LogP contribution >= 0.6 is 34.8 Å². The van der Waals surface area contributed by atoms with Gasteiger partial charge < -0.3 is 4.90 Å². The number of piperazine rings is 1. The Morgan fingerprint density at radius 2 is 1.45 bits per heavy atom. The maximum Gasteiger partial charge on any atom is 0.0825 e. The molecule has 1 saturated heterocycles. The van der Waals surface area contributed by atoms with Crippen molar-refractivity contribution in [1.29, 1.82) is 0 Å². The molecule has 2 aliphatic rings. The number of hydrogen-bond donors (Lipinski definition) is 0. The maximum absolute atomic E-state index is 6.61. The van der Waals surface area contributed by atoms with E-state index in [0.29, 0.717) is 16.0 Å². The Hall–Kier alpha value is -2.49. The van der Waals surface area contributed by atoms with Gasteiger partial charge in [-0.2, -0.15) is 0 Å². The molecule has 40 heavy (non-hydrogen) atoms. The number of nitrogens with zero attached hydrogens (tertiary/aromatic N) is 2. The minimum Gasteiger partial charge on any atom is -0.368 e. The fourth-order valence-electron chi connectivity index (χ4n) is 6.57. The van der Waals surface area contributed by atoms with Crippen LogP contribution in [0.25, 0.3) is 11.1 Å². The molecule has 1 unspecified atom stereocenters. The highest BCUT2D eigenvalue weighted by Gasteiger charge is 2.29. The first-order chi connectivity index (χ1) is 19.5.